The number of benzene rings is 1. The van der Waals surface area contributed by atoms with Crippen molar-refractivity contribution in [2.24, 2.45) is 11.5 Å². The Labute approximate surface area is 120 Å². The molecule has 1 aromatic rings. The van der Waals surface area contributed by atoms with E-state index in [1.807, 2.05) is 0 Å². The predicted octanol–water partition coefficient (Wildman–Crippen LogP) is 3.01. The zero-order valence-electron chi connectivity index (χ0n) is 8.76. The molecular weight excluding hydrogens is 306 g/mol. The highest BCUT2D eigenvalue weighted by Gasteiger charge is 2.24. The first-order valence-corrected chi connectivity index (χ1v) is 6.38. The summed E-state index contributed by atoms with van der Waals surface area (Å²) in [6.07, 6.45) is -0.632. The van der Waals surface area contributed by atoms with Gasteiger partial charge in [0.2, 0.25) is 0 Å². The van der Waals surface area contributed by atoms with Crippen molar-refractivity contribution >= 4 is 46.4 Å². The second kappa shape index (κ2) is 6.43. The number of rotatable bonds is 4. The Bertz CT molecular complexity index is 388. The molecule has 1 aromatic carbocycles. The van der Waals surface area contributed by atoms with Crippen LogP contribution in [0.2, 0.25) is 20.1 Å². The van der Waals surface area contributed by atoms with E-state index in [1.165, 1.54) is 6.07 Å². The van der Waals surface area contributed by atoms with Crippen LogP contribution in [0.15, 0.2) is 6.07 Å². The summed E-state index contributed by atoms with van der Waals surface area (Å²) in [4.78, 5) is 0. The Hall–Kier alpha value is 0.260. The topological polar surface area (TPSA) is 72.3 Å². The monoisotopic (exact) mass is 316 g/mol. The quantitative estimate of drug-likeness (QED) is 0.747. The molecular formula is C10H12Cl4N2O. The van der Waals surface area contributed by atoms with Gasteiger partial charge in [0.25, 0.3) is 0 Å². The molecule has 96 valence electrons. The SMILES string of the molecule is NCCC(N)C(O)c1c(Cl)c(Cl)cc(Cl)c1Cl. The molecule has 0 amide bonds. The lowest BCUT2D eigenvalue weighted by molar-refractivity contribution is 0.143. The van der Waals surface area contributed by atoms with Gasteiger partial charge in [0.05, 0.1) is 26.2 Å². The predicted molar refractivity (Wildman–Crippen MR) is 73.1 cm³/mol. The van der Waals surface area contributed by atoms with Gasteiger partial charge in [-0.15, -0.1) is 0 Å². The van der Waals surface area contributed by atoms with Crippen molar-refractivity contribution < 1.29 is 5.11 Å². The molecule has 0 saturated heterocycles. The molecule has 0 aliphatic carbocycles. The summed E-state index contributed by atoms with van der Waals surface area (Å²) in [5.74, 6) is 0. The van der Waals surface area contributed by atoms with Crippen LogP contribution in [0.25, 0.3) is 0 Å². The molecule has 0 aromatic heterocycles. The largest absolute Gasteiger partial charge is 0.387 e. The molecule has 0 aliphatic rings. The minimum atomic E-state index is -1.06. The van der Waals surface area contributed by atoms with E-state index in [1.54, 1.807) is 0 Å². The number of aliphatic hydroxyl groups is 1. The normalized spacial score (nSPS) is 14.8. The summed E-state index contributed by atoms with van der Waals surface area (Å²) in [5, 5.41) is 10.8. The smallest absolute Gasteiger partial charge is 0.0971 e. The Kier molecular flexibility index (Phi) is 5.80. The van der Waals surface area contributed by atoms with Gasteiger partial charge >= 0.3 is 0 Å². The summed E-state index contributed by atoms with van der Waals surface area (Å²) in [6.45, 7) is 0.349. The maximum Gasteiger partial charge on any atom is 0.0971 e. The second-order valence-corrected chi connectivity index (χ2v) is 5.14. The van der Waals surface area contributed by atoms with Gasteiger partial charge in [-0.05, 0) is 19.0 Å². The number of aliphatic hydroxyl groups excluding tert-OH is 1. The summed E-state index contributed by atoms with van der Waals surface area (Å²) >= 11 is 23.7. The molecule has 0 spiro atoms. The third-order valence-corrected chi connectivity index (χ3v) is 3.95. The first-order chi connectivity index (χ1) is 7.90. The van der Waals surface area contributed by atoms with E-state index in [0.717, 1.165) is 0 Å². The maximum atomic E-state index is 10.1. The number of hydrogen-bond donors (Lipinski definition) is 3. The molecule has 0 radical (unpaired) electrons. The van der Waals surface area contributed by atoms with Crippen LogP contribution >= 0.6 is 46.4 Å². The lowest BCUT2D eigenvalue weighted by atomic mass is 10.0. The van der Waals surface area contributed by atoms with E-state index in [2.05, 4.69) is 0 Å². The summed E-state index contributed by atoms with van der Waals surface area (Å²) in [7, 11) is 0. The third kappa shape index (κ3) is 3.38. The van der Waals surface area contributed by atoms with Gasteiger partial charge in [-0.1, -0.05) is 46.4 Å². The van der Waals surface area contributed by atoms with Crippen molar-refractivity contribution in [2.75, 3.05) is 6.54 Å². The Morgan fingerprint density at radius 2 is 1.59 bits per heavy atom. The molecule has 17 heavy (non-hydrogen) atoms. The van der Waals surface area contributed by atoms with Crippen LogP contribution in [0.4, 0.5) is 0 Å². The first-order valence-electron chi connectivity index (χ1n) is 4.86. The van der Waals surface area contributed by atoms with Crippen LogP contribution in [-0.2, 0) is 0 Å². The molecule has 1 rings (SSSR count). The molecule has 7 heteroatoms. The Balaban J connectivity index is 3.20. The van der Waals surface area contributed by atoms with Gasteiger partial charge in [-0.3, -0.25) is 0 Å². The van der Waals surface area contributed by atoms with E-state index >= 15 is 0 Å². The summed E-state index contributed by atoms with van der Waals surface area (Å²) < 4.78 is 0. The van der Waals surface area contributed by atoms with E-state index in [0.29, 0.717) is 13.0 Å². The first kappa shape index (κ1) is 15.3. The van der Waals surface area contributed by atoms with Crippen LogP contribution < -0.4 is 11.5 Å². The van der Waals surface area contributed by atoms with Gasteiger partial charge in [-0.25, -0.2) is 0 Å². The summed E-state index contributed by atoms with van der Waals surface area (Å²) in [5.41, 5.74) is 11.4. The maximum absolute atomic E-state index is 10.1. The molecule has 2 unspecified atom stereocenters. The zero-order valence-corrected chi connectivity index (χ0v) is 11.8. The molecule has 5 N–H and O–H groups in total. The van der Waals surface area contributed by atoms with Crippen molar-refractivity contribution in [1.82, 2.24) is 0 Å². The van der Waals surface area contributed by atoms with E-state index in [-0.39, 0.29) is 25.7 Å². The highest BCUT2D eigenvalue weighted by Crippen LogP contribution is 2.41. The van der Waals surface area contributed by atoms with Crippen LogP contribution in [0.3, 0.4) is 0 Å². The van der Waals surface area contributed by atoms with Crippen molar-refractivity contribution in [3.8, 4) is 0 Å². The highest BCUT2D eigenvalue weighted by atomic mass is 35.5. The Morgan fingerprint density at radius 3 is 2.00 bits per heavy atom. The van der Waals surface area contributed by atoms with Crippen LogP contribution in [0.5, 0.6) is 0 Å². The molecule has 0 aliphatic heterocycles. The van der Waals surface area contributed by atoms with Gasteiger partial charge in [0.1, 0.15) is 0 Å². The lowest BCUT2D eigenvalue weighted by Crippen LogP contribution is -2.31. The van der Waals surface area contributed by atoms with E-state index in [9.17, 15) is 5.11 Å². The van der Waals surface area contributed by atoms with Gasteiger partial charge in [-0.2, -0.15) is 0 Å². The molecule has 0 saturated carbocycles. The minimum absolute atomic E-state index is 0.154. The number of nitrogens with two attached hydrogens (primary N) is 2. The fourth-order valence-electron chi connectivity index (χ4n) is 1.42. The summed E-state index contributed by atoms with van der Waals surface area (Å²) in [6, 6.07) is 0.836. The van der Waals surface area contributed by atoms with E-state index in [4.69, 9.17) is 57.9 Å². The van der Waals surface area contributed by atoms with Crippen molar-refractivity contribution in [3.05, 3.63) is 31.7 Å². The Morgan fingerprint density at radius 1 is 1.12 bits per heavy atom. The molecule has 0 heterocycles. The zero-order chi connectivity index (χ0) is 13.2. The van der Waals surface area contributed by atoms with Crippen LogP contribution in [0, 0.1) is 0 Å². The van der Waals surface area contributed by atoms with Crippen LogP contribution in [0.1, 0.15) is 18.1 Å². The molecule has 0 bridgehead atoms. The van der Waals surface area contributed by atoms with E-state index < -0.39 is 12.1 Å². The second-order valence-electron chi connectivity index (χ2n) is 3.57. The van der Waals surface area contributed by atoms with Crippen molar-refractivity contribution in [3.63, 3.8) is 0 Å². The standard InChI is InChI=1S/C10H12Cl4N2O/c11-4-3-5(12)9(14)7(8(4)13)10(17)6(16)1-2-15/h3,6,10,17H,1-2,15-16H2. The van der Waals surface area contributed by atoms with Crippen molar-refractivity contribution in [2.45, 2.75) is 18.6 Å². The fourth-order valence-corrected chi connectivity index (χ4v) is 2.46. The average Bonchev–Trinajstić information content (AvgIpc) is 2.27. The van der Waals surface area contributed by atoms with Gasteiger partial charge < -0.3 is 16.6 Å². The average molecular weight is 318 g/mol. The minimum Gasteiger partial charge on any atom is -0.387 e. The molecule has 2 atom stereocenters. The van der Waals surface area contributed by atoms with Gasteiger partial charge in [0, 0.05) is 11.6 Å². The highest BCUT2D eigenvalue weighted by molar-refractivity contribution is 6.48. The third-order valence-electron chi connectivity index (χ3n) is 2.35. The van der Waals surface area contributed by atoms with Gasteiger partial charge in [0.15, 0.2) is 0 Å². The van der Waals surface area contributed by atoms with Crippen LogP contribution in [-0.4, -0.2) is 17.7 Å². The number of hydrogen-bond acceptors (Lipinski definition) is 3. The number of halogens is 4. The fraction of sp³-hybridized carbons (Fsp3) is 0.400. The molecule has 0 fully saturated rings. The lowest BCUT2D eigenvalue weighted by Gasteiger charge is -2.21. The molecule has 3 nitrogen and oxygen atoms in total. The van der Waals surface area contributed by atoms with Crippen molar-refractivity contribution in [1.29, 1.82) is 0 Å².